The molecule has 0 N–H and O–H groups in total. The minimum absolute atomic E-state index is 0.423. The molecular weight excluding hydrogens is 328 g/mol. The van der Waals surface area contributed by atoms with Gasteiger partial charge in [-0.05, 0) is 30.5 Å². The maximum absolute atomic E-state index is 6.04. The SMILES string of the molecule is Cn1c(CN2CCSC[C@H]2c2ccc(Cl)cc2)nnc1C1CC1. The van der Waals surface area contributed by atoms with Crippen molar-refractivity contribution in [3.8, 4) is 0 Å². The Morgan fingerprint density at radius 3 is 2.74 bits per heavy atom. The Bertz CT molecular complexity index is 680. The molecule has 122 valence electrons. The third-order valence-electron chi connectivity index (χ3n) is 4.78. The first-order chi connectivity index (χ1) is 11.2. The molecule has 0 unspecified atom stereocenters. The molecule has 0 spiro atoms. The van der Waals surface area contributed by atoms with Crippen molar-refractivity contribution in [2.45, 2.75) is 31.3 Å². The predicted molar refractivity (Wildman–Crippen MR) is 94.9 cm³/mol. The van der Waals surface area contributed by atoms with E-state index in [0.29, 0.717) is 12.0 Å². The maximum atomic E-state index is 6.04. The fourth-order valence-corrected chi connectivity index (χ4v) is 4.49. The Kier molecular flexibility index (Phi) is 4.35. The molecule has 0 radical (unpaired) electrons. The molecule has 23 heavy (non-hydrogen) atoms. The second-order valence-electron chi connectivity index (χ2n) is 6.42. The predicted octanol–water partition coefficient (Wildman–Crippen LogP) is 3.64. The Morgan fingerprint density at radius 2 is 2.00 bits per heavy atom. The van der Waals surface area contributed by atoms with Crippen LogP contribution in [0.5, 0.6) is 0 Å². The third kappa shape index (κ3) is 3.28. The molecule has 4 rings (SSSR count). The van der Waals surface area contributed by atoms with Crippen molar-refractivity contribution in [1.82, 2.24) is 19.7 Å². The van der Waals surface area contributed by atoms with Gasteiger partial charge in [-0.15, -0.1) is 10.2 Å². The van der Waals surface area contributed by atoms with Crippen molar-refractivity contribution in [2.75, 3.05) is 18.1 Å². The van der Waals surface area contributed by atoms with Gasteiger partial charge in [0.2, 0.25) is 0 Å². The van der Waals surface area contributed by atoms with E-state index in [4.69, 9.17) is 11.6 Å². The van der Waals surface area contributed by atoms with Gasteiger partial charge in [0.15, 0.2) is 0 Å². The van der Waals surface area contributed by atoms with E-state index < -0.39 is 0 Å². The Balaban J connectivity index is 1.54. The van der Waals surface area contributed by atoms with Crippen molar-refractivity contribution in [1.29, 1.82) is 0 Å². The van der Waals surface area contributed by atoms with E-state index in [2.05, 4.69) is 38.8 Å². The normalized spacial score (nSPS) is 22.4. The summed E-state index contributed by atoms with van der Waals surface area (Å²) in [7, 11) is 2.11. The number of thioether (sulfide) groups is 1. The van der Waals surface area contributed by atoms with Gasteiger partial charge in [0, 0.05) is 42.1 Å². The van der Waals surface area contributed by atoms with Crippen LogP contribution in [0, 0.1) is 0 Å². The van der Waals surface area contributed by atoms with Gasteiger partial charge in [-0.1, -0.05) is 23.7 Å². The standard InChI is InChI=1S/C17H21ClN4S/c1-21-16(19-20-17(21)13-2-3-13)10-22-8-9-23-11-15(22)12-4-6-14(18)7-5-12/h4-7,13,15H,2-3,8-11H2,1H3/t15-/m0/s1. The summed E-state index contributed by atoms with van der Waals surface area (Å²) in [5, 5.41) is 9.67. The van der Waals surface area contributed by atoms with Crippen molar-refractivity contribution >= 4 is 23.4 Å². The molecule has 6 heteroatoms. The molecule has 2 fully saturated rings. The Morgan fingerprint density at radius 1 is 1.22 bits per heavy atom. The first kappa shape index (κ1) is 15.5. The van der Waals surface area contributed by atoms with Gasteiger partial charge in [0.25, 0.3) is 0 Å². The number of benzene rings is 1. The molecule has 2 aliphatic rings. The van der Waals surface area contributed by atoms with Crippen LogP contribution in [-0.4, -0.2) is 37.7 Å². The van der Waals surface area contributed by atoms with Crippen molar-refractivity contribution in [3.63, 3.8) is 0 Å². The molecule has 2 heterocycles. The van der Waals surface area contributed by atoms with Crippen LogP contribution in [0.25, 0.3) is 0 Å². The monoisotopic (exact) mass is 348 g/mol. The molecule has 0 amide bonds. The summed E-state index contributed by atoms with van der Waals surface area (Å²) >= 11 is 8.06. The second kappa shape index (κ2) is 6.46. The first-order valence-electron chi connectivity index (χ1n) is 8.18. The summed E-state index contributed by atoms with van der Waals surface area (Å²) in [6.07, 6.45) is 2.53. The van der Waals surface area contributed by atoms with E-state index in [1.165, 1.54) is 24.2 Å². The van der Waals surface area contributed by atoms with Gasteiger partial charge in [0.05, 0.1) is 6.54 Å². The van der Waals surface area contributed by atoms with Gasteiger partial charge in [-0.25, -0.2) is 0 Å². The van der Waals surface area contributed by atoms with Gasteiger partial charge < -0.3 is 4.57 Å². The number of hydrogen-bond acceptors (Lipinski definition) is 4. The average molecular weight is 349 g/mol. The summed E-state index contributed by atoms with van der Waals surface area (Å²) < 4.78 is 2.21. The fraction of sp³-hybridized carbons (Fsp3) is 0.529. The van der Waals surface area contributed by atoms with E-state index in [-0.39, 0.29) is 0 Å². The molecule has 0 bridgehead atoms. The minimum atomic E-state index is 0.423. The number of aromatic nitrogens is 3. The summed E-state index contributed by atoms with van der Waals surface area (Å²) in [5.74, 6) is 5.18. The van der Waals surface area contributed by atoms with Crippen LogP contribution in [0.3, 0.4) is 0 Å². The van der Waals surface area contributed by atoms with Gasteiger partial charge >= 0.3 is 0 Å². The first-order valence-corrected chi connectivity index (χ1v) is 9.71. The average Bonchev–Trinajstić information content (AvgIpc) is 3.34. The third-order valence-corrected chi connectivity index (χ3v) is 6.05. The van der Waals surface area contributed by atoms with Crippen LogP contribution in [-0.2, 0) is 13.6 Å². The van der Waals surface area contributed by atoms with Crippen LogP contribution >= 0.6 is 23.4 Å². The zero-order valence-electron chi connectivity index (χ0n) is 13.3. The fourth-order valence-electron chi connectivity index (χ4n) is 3.21. The van der Waals surface area contributed by atoms with E-state index >= 15 is 0 Å². The van der Waals surface area contributed by atoms with E-state index in [0.717, 1.165) is 35.5 Å². The lowest BCUT2D eigenvalue weighted by molar-refractivity contribution is 0.204. The summed E-state index contributed by atoms with van der Waals surface area (Å²) in [4.78, 5) is 2.53. The van der Waals surface area contributed by atoms with Crippen molar-refractivity contribution in [2.24, 2.45) is 7.05 Å². The molecule has 1 aliphatic heterocycles. The van der Waals surface area contributed by atoms with E-state index in [9.17, 15) is 0 Å². The molecule has 4 nitrogen and oxygen atoms in total. The zero-order valence-corrected chi connectivity index (χ0v) is 14.9. The molecule has 1 saturated carbocycles. The molecule has 1 atom stereocenters. The lowest BCUT2D eigenvalue weighted by Crippen LogP contribution is -2.36. The van der Waals surface area contributed by atoms with Crippen LogP contribution in [0.2, 0.25) is 5.02 Å². The highest BCUT2D eigenvalue weighted by atomic mass is 35.5. The number of hydrogen-bond donors (Lipinski definition) is 0. The summed E-state index contributed by atoms with van der Waals surface area (Å²) in [6, 6.07) is 8.70. The number of rotatable bonds is 4. The summed E-state index contributed by atoms with van der Waals surface area (Å²) in [6.45, 7) is 1.95. The quantitative estimate of drug-likeness (QED) is 0.844. The van der Waals surface area contributed by atoms with Crippen LogP contribution in [0.4, 0.5) is 0 Å². The highest BCUT2D eigenvalue weighted by molar-refractivity contribution is 7.99. The zero-order chi connectivity index (χ0) is 15.8. The van der Waals surface area contributed by atoms with Gasteiger partial charge in [-0.2, -0.15) is 11.8 Å². The highest BCUT2D eigenvalue weighted by Gasteiger charge is 2.31. The lowest BCUT2D eigenvalue weighted by atomic mass is 10.1. The van der Waals surface area contributed by atoms with Crippen molar-refractivity contribution in [3.05, 3.63) is 46.5 Å². The number of halogens is 1. The van der Waals surface area contributed by atoms with E-state index in [1.54, 1.807) is 0 Å². The Hall–Kier alpha value is -1.04. The van der Waals surface area contributed by atoms with Crippen LogP contribution in [0.1, 0.15) is 42.0 Å². The molecule has 1 aromatic heterocycles. The van der Waals surface area contributed by atoms with Gasteiger partial charge in [0.1, 0.15) is 11.6 Å². The molecule has 1 saturated heterocycles. The van der Waals surface area contributed by atoms with Crippen molar-refractivity contribution < 1.29 is 0 Å². The molecule has 1 aromatic carbocycles. The van der Waals surface area contributed by atoms with E-state index in [1.807, 2.05) is 23.9 Å². The van der Waals surface area contributed by atoms with Crippen LogP contribution in [0.15, 0.2) is 24.3 Å². The Labute approximate surface area is 146 Å². The summed E-state index contributed by atoms with van der Waals surface area (Å²) in [5.41, 5.74) is 1.34. The molecular formula is C17H21ClN4S. The minimum Gasteiger partial charge on any atom is -0.317 e. The topological polar surface area (TPSA) is 34.0 Å². The molecule has 1 aliphatic carbocycles. The molecule has 2 aromatic rings. The maximum Gasteiger partial charge on any atom is 0.146 e. The smallest absolute Gasteiger partial charge is 0.146 e. The highest BCUT2D eigenvalue weighted by Crippen LogP contribution is 2.39. The number of nitrogens with zero attached hydrogens (tertiary/aromatic N) is 4. The second-order valence-corrected chi connectivity index (χ2v) is 8.01. The lowest BCUT2D eigenvalue weighted by Gasteiger charge is -2.35. The largest absolute Gasteiger partial charge is 0.317 e. The van der Waals surface area contributed by atoms with Gasteiger partial charge in [-0.3, -0.25) is 4.90 Å². The van der Waals surface area contributed by atoms with Crippen LogP contribution < -0.4 is 0 Å².